The molecule has 0 atom stereocenters. The van der Waals surface area contributed by atoms with Crippen LogP contribution in [0.15, 0.2) is 35.7 Å². The summed E-state index contributed by atoms with van der Waals surface area (Å²) in [7, 11) is 2.06. The van der Waals surface area contributed by atoms with Gasteiger partial charge in [0.1, 0.15) is 0 Å². The van der Waals surface area contributed by atoms with Crippen molar-refractivity contribution in [3.8, 4) is 0 Å². The second-order valence-electron chi connectivity index (χ2n) is 8.64. The van der Waals surface area contributed by atoms with Gasteiger partial charge in [-0.05, 0) is 25.5 Å². The highest BCUT2D eigenvalue weighted by Crippen LogP contribution is 2.18. The molecule has 0 unspecified atom stereocenters. The maximum Gasteiger partial charge on any atom is 0.323 e. The average Bonchev–Trinajstić information content (AvgIpc) is 3.22. The van der Waals surface area contributed by atoms with Crippen LogP contribution >= 0.6 is 11.3 Å². The number of hydrogen-bond donors (Lipinski definition) is 2. The molecule has 2 saturated heterocycles. The minimum absolute atomic E-state index is 0.00578. The Morgan fingerprint density at radius 1 is 1.06 bits per heavy atom. The van der Waals surface area contributed by atoms with Crippen molar-refractivity contribution < 1.29 is 9.59 Å². The SMILES string of the molecule is CN1CCN(C(=O)Nc2nc(CC(=O)NC3CCN(Cc4ccccc4)CC3)cs2)CC1. The van der Waals surface area contributed by atoms with E-state index in [4.69, 9.17) is 0 Å². The van der Waals surface area contributed by atoms with Gasteiger partial charge in [0.05, 0.1) is 12.1 Å². The molecule has 1 aromatic heterocycles. The Hall–Kier alpha value is -2.49. The number of rotatable bonds is 6. The summed E-state index contributed by atoms with van der Waals surface area (Å²) in [6.45, 7) is 6.12. The summed E-state index contributed by atoms with van der Waals surface area (Å²) in [4.78, 5) is 35.8. The summed E-state index contributed by atoms with van der Waals surface area (Å²) in [6, 6.07) is 10.6. The first-order valence-corrected chi connectivity index (χ1v) is 12.2. The molecule has 0 aliphatic carbocycles. The summed E-state index contributed by atoms with van der Waals surface area (Å²) in [6.07, 6.45) is 2.16. The number of benzene rings is 1. The number of piperazine rings is 1. The van der Waals surface area contributed by atoms with Gasteiger partial charge in [-0.3, -0.25) is 15.0 Å². The molecule has 2 fully saturated rings. The monoisotopic (exact) mass is 456 g/mol. The van der Waals surface area contributed by atoms with Gasteiger partial charge in [0.2, 0.25) is 5.91 Å². The molecule has 4 rings (SSSR count). The van der Waals surface area contributed by atoms with Crippen LogP contribution in [0.4, 0.5) is 9.93 Å². The maximum atomic E-state index is 12.5. The molecule has 0 radical (unpaired) electrons. The zero-order chi connectivity index (χ0) is 22.3. The minimum atomic E-state index is -0.120. The average molecular weight is 457 g/mol. The summed E-state index contributed by atoms with van der Waals surface area (Å²) in [5.41, 5.74) is 2.02. The van der Waals surface area contributed by atoms with Crippen LogP contribution in [0.25, 0.3) is 0 Å². The lowest BCUT2D eigenvalue weighted by Crippen LogP contribution is -2.48. The van der Waals surface area contributed by atoms with E-state index in [1.807, 2.05) is 11.4 Å². The molecule has 2 aliphatic rings. The van der Waals surface area contributed by atoms with Gasteiger partial charge in [0, 0.05) is 57.2 Å². The van der Waals surface area contributed by atoms with Crippen LogP contribution in [0.1, 0.15) is 24.1 Å². The van der Waals surface area contributed by atoms with Gasteiger partial charge in [-0.2, -0.15) is 0 Å². The lowest BCUT2D eigenvalue weighted by molar-refractivity contribution is -0.121. The second-order valence-corrected chi connectivity index (χ2v) is 9.50. The topological polar surface area (TPSA) is 80.8 Å². The van der Waals surface area contributed by atoms with E-state index in [2.05, 4.69) is 56.7 Å². The Kier molecular flexibility index (Phi) is 7.72. The first-order valence-electron chi connectivity index (χ1n) is 11.3. The first kappa shape index (κ1) is 22.7. The summed E-state index contributed by atoms with van der Waals surface area (Å²) in [5, 5.41) is 8.42. The normalized spacial score (nSPS) is 18.5. The maximum absolute atomic E-state index is 12.5. The zero-order valence-electron chi connectivity index (χ0n) is 18.6. The molecule has 8 nitrogen and oxygen atoms in total. The van der Waals surface area contributed by atoms with Crippen LogP contribution in [-0.4, -0.2) is 84.0 Å². The van der Waals surface area contributed by atoms with E-state index < -0.39 is 0 Å². The Morgan fingerprint density at radius 3 is 2.50 bits per heavy atom. The van der Waals surface area contributed by atoms with Gasteiger partial charge in [-0.1, -0.05) is 30.3 Å². The van der Waals surface area contributed by atoms with Gasteiger partial charge in [-0.25, -0.2) is 9.78 Å². The van der Waals surface area contributed by atoms with Crippen LogP contribution < -0.4 is 10.6 Å². The highest BCUT2D eigenvalue weighted by molar-refractivity contribution is 7.13. The Morgan fingerprint density at radius 2 is 1.78 bits per heavy atom. The van der Waals surface area contributed by atoms with Gasteiger partial charge in [0.15, 0.2) is 5.13 Å². The van der Waals surface area contributed by atoms with Crippen molar-refractivity contribution in [2.75, 3.05) is 51.6 Å². The number of carbonyl (C=O) groups excluding carboxylic acids is 2. The molecule has 32 heavy (non-hydrogen) atoms. The fraction of sp³-hybridized carbons (Fsp3) is 0.522. The van der Waals surface area contributed by atoms with Crippen molar-refractivity contribution in [1.82, 2.24) is 25.0 Å². The summed E-state index contributed by atoms with van der Waals surface area (Å²) in [5.74, 6) is -0.00578. The van der Waals surface area contributed by atoms with Crippen LogP contribution in [0, 0.1) is 0 Å². The molecule has 3 heterocycles. The van der Waals surface area contributed by atoms with Gasteiger partial charge < -0.3 is 15.1 Å². The number of aromatic nitrogens is 1. The molecule has 2 aliphatic heterocycles. The number of amides is 3. The highest BCUT2D eigenvalue weighted by Gasteiger charge is 2.22. The fourth-order valence-electron chi connectivity index (χ4n) is 4.15. The molecule has 2 N–H and O–H groups in total. The van der Waals surface area contributed by atoms with E-state index >= 15 is 0 Å². The van der Waals surface area contributed by atoms with Crippen LogP contribution in [-0.2, 0) is 17.8 Å². The largest absolute Gasteiger partial charge is 0.353 e. The van der Waals surface area contributed by atoms with Crippen molar-refractivity contribution in [2.45, 2.75) is 31.8 Å². The number of nitrogens with zero attached hydrogens (tertiary/aromatic N) is 4. The number of piperidine rings is 1. The first-order chi connectivity index (χ1) is 15.5. The van der Waals surface area contributed by atoms with Crippen LogP contribution in [0.3, 0.4) is 0 Å². The molecular weight excluding hydrogens is 424 g/mol. The molecule has 3 amide bonds. The fourth-order valence-corrected chi connectivity index (χ4v) is 4.85. The quantitative estimate of drug-likeness (QED) is 0.697. The van der Waals surface area contributed by atoms with Gasteiger partial charge >= 0.3 is 6.03 Å². The molecule has 9 heteroatoms. The van der Waals surface area contributed by atoms with Crippen LogP contribution in [0.2, 0.25) is 0 Å². The van der Waals surface area contributed by atoms with E-state index in [1.165, 1.54) is 16.9 Å². The van der Waals surface area contributed by atoms with Crippen molar-refractivity contribution in [1.29, 1.82) is 0 Å². The number of thiazole rings is 1. The standard InChI is InChI=1S/C23H32N6O2S/c1-27-11-13-29(14-12-27)23(31)26-22-25-20(17-32-22)15-21(30)24-19-7-9-28(10-8-19)16-18-5-3-2-4-6-18/h2-6,17,19H,7-16H2,1H3,(H,24,30)(H,25,26,31). The predicted molar refractivity (Wildman–Crippen MR) is 127 cm³/mol. The number of anilines is 1. The molecule has 0 saturated carbocycles. The number of urea groups is 1. The molecule has 0 spiro atoms. The number of carbonyl (C=O) groups is 2. The Balaban J connectivity index is 1.17. The molecule has 1 aromatic carbocycles. The van der Waals surface area contributed by atoms with E-state index in [0.29, 0.717) is 23.9 Å². The van der Waals surface area contributed by atoms with E-state index in [0.717, 1.165) is 45.6 Å². The number of likely N-dealkylation sites (tertiary alicyclic amines) is 1. The minimum Gasteiger partial charge on any atom is -0.353 e. The number of nitrogens with one attached hydrogen (secondary N) is 2. The third-order valence-corrected chi connectivity index (χ3v) is 6.91. The molecule has 0 bridgehead atoms. The molecular formula is C23H32N6O2S. The molecule has 172 valence electrons. The van der Waals surface area contributed by atoms with Crippen LogP contribution in [0.5, 0.6) is 0 Å². The van der Waals surface area contributed by atoms with Crippen molar-refractivity contribution in [2.24, 2.45) is 0 Å². The smallest absolute Gasteiger partial charge is 0.323 e. The number of hydrogen-bond acceptors (Lipinski definition) is 6. The zero-order valence-corrected chi connectivity index (χ0v) is 19.4. The van der Waals surface area contributed by atoms with Crippen molar-refractivity contribution >= 4 is 28.4 Å². The number of likely N-dealkylation sites (N-methyl/N-ethyl adjacent to an activating group) is 1. The Bertz CT molecular complexity index is 889. The summed E-state index contributed by atoms with van der Waals surface area (Å²) >= 11 is 1.36. The lowest BCUT2D eigenvalue weighted by Gasteiger charge is -2.32. The third kappa shape index (κ3) is 6.51. The predicted octanol–water partition coefficient (Wildman–Crippen LogP) is 2.25. The van der Waals surface area contributed by atoms with Crippen molar-refractivity contribution in [3.63, 3.8) is 0 Å². The van der Waals surface area contributed by atoms with E-state index in [1.54, 1.807) is 4.90 Å². The van der Waals surface area contributed by atoms with Gasteiger partial charge in [0.25, 0.3) is 0 Å². The Labute approximate surface area is 193 Å². The van der Waals surface area contributed by atoms with Crippen molar-refractivity contribution in [3.05, 3.63) is 47.0 Å². The van der Waals surface area contributed by atoms with E-state index in [-0.39, 0.29) is 24.4 Å². The molecule has 2 aromatic rings. The second kappa shape index (κ2) is 10.9. The highest BCUT2D eigenvalue weighted by atomic mass is 32.1. The third-order valence-electron chi connectivity index (χ3n) is 6.10. The lowest BCUT2D eigenvalue weighted by atomic mass is 10.0. The van der Waals surface area contributed by atoms with E-state index in [9.17, 15) is 9.59 Å². The summed E-state index contributed by atoms with van der Waals surface area (Å²) < 4.78 is 0. The van der Waals surface area contributed by atoms with Gasteiger partial charge in [-0.15, -0.1) is 11.3 Å².